The van der Waals surface area contributed by atoms with Crippen molar-refractivity contribution < 1.29 is 4.39 Å². The quantitative estimate of drug-likeness (QED) is 0.805. The van der Waals surface area contributed by atoms with Crippen LogP contribution in [0, 0.1) is 12.7 Å². The van der Waals surface area contributed by atoms with Gasteiger partial charge in [-0.05, 0) is 43.7 Å². The summed E-state index contributed by atoms with van der Waals surface area (Å²) in [6, 6.07) is 15.7. The predicted octanol–water partition coefficient (Wildman–Crippen LogP) is 4.06. The number of thioether (sulfide) groups is 1. The van der Waals surface area contributed by atoms with Gasteiger partial charge in [0.2, 0.25) is 0 Å². The normalized spacial score (nSPS) is 12.3. The van der Waals surface area contributed by atoms with Crippen molar-refractivity contribution in [1.29, 1.82) is 0 Å². The molecule has 0 bridgehead atoms. The largest absolute Gasteiger partial charge is 0.316 e. The molecule has 2 aromatic carbocycles. The van der Waals surface area contributed by atoms with Crippen molar-refractivity contribution in [2.75, 3.05) is 12.8 Å². The Kier molecular flexibility index (Phi) is 5.62. The highest BCUT2D eigenvalue weighted by Crippen LogP contribution is 2.23. The summed E-state index contributed by atoms with van der Waals surface area (Å²) in [5.41, 5.74) is 2.66. The second kappa shape index (κ2) is 7.46. The van der Waals surface area contributed by atoms with Crippen molar-refractivity contribution in [3.63, 3.8) is 0 Å². The zero-order chi connectivity index (χ0) is 14.4. The molecule has 1 atom stereocenters. The smallest absolute Gasteiger partial charge is 0.136 e. The molecule has 0 radical (unpaired) electrons. The van der Waals surface area contributed by atoms with Gasteiger partial charge in [0.1, 0.15) is 5.82 Å². The van der Waals surface area contributed by atoms with Crippen LogP contribution < -0.4 is 5.32 Å². The van der Waals surface area contributed by atoms with Gasteiger partial charge < -0.3 is 5.32 Å². The number of nitrogens with one attached hydrogen (secondary N) is 1. The van der Waals surface area contributed by atoms with Gasteiger partial charge in [0.15, 0.2) is 0 Å². The summed E-state index contributed by atoms with van der Waals surface area (Å²) in [5.74, 6) is 0.717. The van der Waals surface area contributed by atoms with E-state index >= 15 is 0 Å². The van der Waals surface area contributed by atoms with Crippen LogP contribution in [0.2, 0.25) is 0 Å². The first-order chi connectivity index (χ1) is 9.70. The summed E-state index contributed by atoms with van der Waals surface area (Å²) in [7, 11) is 1.96. The van der Waals surface area contributed by atoms with E-state index in [1.165, 1.54) is 17.2 Å². The van der Waals surface area contributed by atoms with Gasteiger partial charge in [0.25, 0.3) is 0 Å². The van der Waals surface area contributed by atoms with E-state index in [1.54, 1.807) is 17.8 Å². The number of hydrogen-bond acceptors (Lipinski definition) is 2. The predicted molar refractivity (Wildman–Crippen MR) is 84.9 cm³/mol. The van der Waals surface area contributed by atoms with Crippen LogP contribution in [0.15, 0.2) is 53.4 Å². The van der Waals surface area contributed by atoms with E-state index in [0.29, 0.717) is 6.04 Å². The first-order valence-electron chi connectivity index (χ1n) is 6.80. The van der Waals surface area contributed by atoms with Crippen molar-refractivity contribution >= 4 is 11.8 Å². The van der Waals surface area contributed by atoms with Gasteiger partial charge in [0, 0.05) is 16.7 Å². The highest BCUT2D eigenvalue weighted by molar-refractivity contribution is 7.99. The number of aryl methyl sites for hydroxylation is 1. The summed E-state index contributed by atoms with van der Waals surface area (Å²) in [6.07, 6.45) is 0.963. The topological polar surface area (TPSA) is 12.0 Å². The first-order valence-corrected chi connectivity index (χ1v) is 7.78. The van der Waals surface area contributed by atoms with E-state index < -0.39 is 0 Å². The lowest BCUT2D eigenvalue weighted by Gasteiger charge is -2.17. The molecule has 0 fully saturated rings. The molecule has 1 N–H and O–H groups in total. The number of halogens is 1. The Bertz CT molecular complexity index is 556. The summed E-state index contributed by atoms with van der Waals surface area (Å²) >= 11 is 1.57. The summed E-state index contributed by atoms with van der Waals surface area (Å²) < 4.78 is 13.6. The van der Waals surface area contributed by atoms with Crippen molar-refractivity contribution in [2.45, 2.75) is 24.3 Å². The monoisotopic (exact) mass is 289 g/mol. The minimum Gasteiger partial charge on any atom is -0.316 e. The SMILES string of the molecule is CNC(CSc1ccccc1F)Cc1ccccc1C. The Hall–Kier alpha value is -1.32. The molecule has 0 aliphatic rings. The number of hydrogen-bond donors (Lipinski definition) is 1. The lowest BCUT2D eigenvalue weighted by Crippen LogP contribution is -2.30. The standard InChI is InChI=1S/C17H20FNS/c1-13-7-3-4-8-14(13)11-15(19-2)12-20-17-10-6-5-9-16(17)18/h3-10,15,19H,11-12H2,1-2H3. The maximum Gasteiger partial charge on any atom is 0.136 e. The van der Waals surface area contributed by atoms with Gasteiger partial charge in [0.05, 0.1) is 0 Å². The molecule has 0 saturated heterocycles. The van der Waals surface area contributed by atoms with Crippen LogP contribution in [-0.2, 0) is 6.42 Å². The van der Waals surface area contributed by atoms with E-state index in [9.17, 15) is 4.39 Å². The maximum atomic E-state index is 13.6. The third kappa shape index (κ3) is 4.09. The van der Waals surface area contributed by atoms with Crippen molar-refractivity contribution in [2.24, 2.45) is 0 Å². The van der Waals surface area contributed by atoms with Gasteiger partial charge in [-0.25, -0.2) is 4.39 Å². The molecule has 0 amide bonds. The van der Waals surface area contributed by atoms with E-state index in [1.807, 2.05) is 19.2 Å². The average molecular weight is 289 g/mol. The lowest BCUT2D eigenvalue weighted by atomic mass is 10.0. The molecule has 106 valence electrons. The molecule has 0 aromatic heterocycles. The van der Waals surface area contributed by atoms with Crippen LogP contribution in [0.5, 0.6) is 0 Å². The molecule has 0 saturated carbocycles. The van der Waals surface area contributed by atoms with Crippen molar-refractivity contribution in [1.82, 2.24) is 5.32 Å². The van der Waals surface area contributed by atoms with E-state index in [0.717, 1.165) is 17.1 Å². The number of rotatable bonds is 6. The van der Waals surface area contributed by atoms with Crippen LogP contribution in [0.4, 0.5) is 4.39 Å². The zero-order valence-corrected chi connectivity index (χ0v) is 12.7. The highest BCUT2D eigenvalue weighted by Gasteiger charge is 2.11. The molecule has 3 heteroatoms. The molecule has 2 rings (SSSR count). The van der Waals surface area contributed by atoms with Gasteiger partial charge in [-0.2, -0.15) is 0 Å². The minimum absolute atomic E-state index is 0.136. The van der Waals surface area contributed by atoms with Gasteiger partial charge >= 0.3 is 0 Å². The van der Waals surface area contributed by atoms with Gasteiger partial charge in [-0.15, -0.1) is 11.8 Å². The van der Waals surface area contributed by atoms with Gasteiger partial charge in [-0.3, -0.25) is 0 Å². The lowest BCUT2D eigenvalue weighted by molar-refractivity contribution is 0.598. The fourth-order valence-electron chi connectivity index (χ4n) is 2.10. The molecular weight excluding hydrogens is 269 g/mol. The number of benzene rings is 2. The van der Waals surface area contributed by atoms with Crippen molar-refractivity contribution in [3.05, 3.63) is 65.5 Å². The number of likely N-dealkylation sites (N-methyl/N-ethyl adjacent to an activating group) is 1. The van der Waals surface area contributed by atoms with Crippen LogP contribution in [0.3, 0.4) is 0 Å². The molecule has 1 unspecified atom stereocenters. The summed E-state index contributed by atoms with van der Waals surface area (Å²) in [5, 5.41) is 3.32. The Morgan fingerprint density at radius 1 is 1.10 bits per heavy atom. The second-order valence-electron chi connectivity index (χ2n) is 4.86. The fourth-order valence-corrected chi connectivity index (χ4v) is 3.15. The molecular formula is C17H20FNS. The van der Waals surface area contributed by atoms with Crippen LogP contribution in [0.25, 0.3) is 0 Å². The molecule has 0 aliphatic heterocycles. The van der Waals surface area contributed by atoms with Crippen LogP contribution in [0.1, 0.15) is 11.1 Å². The Balaban J connectivity index is 1.96. The third-order valence-corrected chi connectivity index (χ3v) is 4.62. The van der Waals surface area contributed by atoms with E-state index in [2.05, 4.69) is 36.5 Å². The maximum absolute atomic E-state index is 13.6. The Labute approximate surface area is 124 Å². The zero-order valence-electron chi connectivity index (χ0n) is 11.9. The minimum atomic E-state index is -0.136. The molecule has 20 heavy (non-hydrogen) atoms. The summed E-state index contributed by atoms with van der Waals surface area (Å²) in [4.78, 5) is 0.720. The third-order valence-electron chi connectivity index (χ3n) is 3.41. The van der Waals surface area contributed by atoms with Crippen LogP contribution >= 0.6 is 11.8 Å². The molecule has 0 spiro atoms. The Morgan fingerprint density at radius 3 is 2.50 bits per heavy atom. The molecule has 1 nitrogen and oxygen atoms in total. The average Bonchev–Trinajstić information content (AvgIpc) is 2.47. The van der Waals surface area contributed by atoms with Crippen molar-refractivity contribution in [3.8, 4) is 0 Å². The molecule has 0 heterocycles. The fraction of sp³-hybridized carbons (Fsp3) is 0.294. The van der Waals surface area contributed by atoms with Gasteiger partial charge in [-0.1, -0.05) is 36.4 Å². The molecule has 0 aliphatic carbocycles. The summed E-state index contributed by atoms with van der Waals surface area (Å²) in [6.45, 7) is 2.13. The van der Waals surface area contributed by atoms with E-state index in [4.69, 9.17) is 0 Å². The van der Waals surface area contributed by atoms with Crippen LogP contribution in [-0.4, -0.2) is 18.8 Å². The highest BCUT2D eigenvalue weighted by atomic mass is 32.2. The Morgan fingerprint density at radius 2 is 1.80 bits per heavy atom. The first kappa shape index (κ1) is 15.1. The molecule has 2 aromatic rings. The second-order valence-corrected chi connectivity index (χ2v) is 5.92. The van der Waals surface area contributed by atoms with E-state index in [-0.39, 0.29) is 5.82 Å².